The Morgan fingerprint density at radius 3 is 2.65 bits per heavy atom. The SMILES string of the molecule is CC(C)(C)C1CC(=O)N(Cc2cc(CN)ccc2F)C1. The average Bonchev–Trinajstić information content (AvgIpc) is 2.74. The maximum absolute atomic E-state index is 13.8. The molecule has 2 rings (SSSR count). The third-order valence-electron chi connectivity index (χ3n) is 4.15. The summed E-state index contributed by atoms with van der Waals surface area (Å²) in [5, 5.41) is 0. The Kier molecular flexibility index (Phi) is 4.14. The van der Waals surface area contributed by atoms with Gasteiger partial charge in [-0.1, -0.05) is 26.8 Å². The molecule has 0 bridgehead atoms. The molecule has 1 saturated heterocycles. The molecule has 1 aromatic carbocycles. The van der Waals surface area contributed by atoms with Crippen LogP contribution in [0.1, 0.15) is 38.3 Å². The van der Waals surface area contributed by atoms with E-state index in [2.05, 4.69) is 20.8 Å². The van der Waals surface area contributed by atoms with Crippen molar-refractivity contribution >= 4 is 5.91 Å². The highest BCUT2D eigenvalue weighted by Crippen LogP contribution is 2.35. The summed E-state index contributed by atoms with van der Waals surface area (Å²) in [4.78, 5) is 13.8. The summed E-state index contributed by atoms with van der Waals surface area (Å²) in [5.41, 5.74) is 7.12. The average molecular weight is 278 g/mol. The third-order valence-corrected chi connectivity index (χ3v) is 4.15. The van der Waals surface area contributed by atoms with Crippen molar-refractivity contribution in [2.75, 3.05) is 6.54 Å². The molecule has 1 amide bonds. The van der Waals surface area contributed by atoms with E-state index in [1.165, 1.54) is 6.07 Å². The highest BCUT2D eigenvalue weighted by Gasteiger charge is 2.36. The van der Waals surface area contributed by atoms with Crippen molar-refractivity contribution in [3.8, 4) is 0 Å². The van der Waals surface area contributed by atoms with Crippen molar-refractivity contribution in [2.24, 2.45) is 17.1 Å². The maximum Gasteiger partial charge on any atom is 0.223 e. The van der Waals surface area contributed by atoms with Crippen LogP contribution < -0.4 is 5.73 Å². The fraction of sp³-hybridized carbons (Fsp3) is 0.562. The van der Waals surface area contributed by atoms with E-state index in [4.69, 9.17) is 5.73 Å². The Labute approximate surface area is 120 Å². The van der Waals surface area contributed by atoms with Gasteiger partial charge < -0.3 is 10.6 Å². The van der Waals surface area contributed by atoms with Gasteiger partial charge in [0.1, 0.15) is 5.82 Å². The molecule has 0 spiro atoms. The first-order valence-corrected chi connectivity index (χ1v) is 7.06. The van der Waals surface area contributed by atoms with Gasteiger partial charge in [0.2, 0.25) is 5.91 Å². The Balaban J connectivity index is 2.13. The number of nitrogens with two attached hydrogens (primary N) is 1. The zero-order valence-corrected chi connectivity index (χ0v) is 12.4. The largest absolute Gasteiger partial charge is 0.338 e. The molecule has 110 valence electrons. The van der Waals surface area contributed by atoms with Crippen molar-refractivity contribution in [1.82, 2.24) is 4.90 Å². The lowest BCUT2D eigenvalue weighted by atomic mass is 9.80. The lowest BCUT2D eigenvalue weighted by Gasteiger charge is -2.26. The zero-order valence-electron chi connectivity index (χ0n) is 12.4. The van der Waals surface area contributed by atoms with E-state index in [0.29, 0.717) is 37.5 Å². The summed E-state index contributed by atoms with van der Waals surface area (Å²) in [6, 6.07) is 4.87. The molecule has 20 heavy (non-hydrogen) atoms. The van der Waals surface area contributed by atoms with Gasteiger partial charge in [-0.05, 0) is 29.0 Å². The number of likely N-dealkylation sites (tertiary alicyclic amines) is 1. The molecule has 0 saturated carbocycles. The second kappa shape index (κ2) is 5.52. The van der Waals surface area contributed by atoms with Crippen LogP contribution in [0.15, 0.2) is 18.2 Å². The first kappa shape index (κ1) is 15.0. The number of rotatable bonds is 3. The van der Waals surface area contributed by atoms with Gasteiger partial charge in [-0.25, -0.2) is 4.39 Å². The predicted octanol–water partition coefficient (Wildman–Crippen LogP) is 2.68. The lowest BCUT2D eigenvalue weighted by molar-refractivity contribution is -0.128. The molecule has 1 aliphatic heterocycles. The smallest absolute Gasteiger partial charge is 0.223 e. The van der Waals surface area contributed by atoms with Crippen LogP contribution in [-0.4, -0.2) is 17.4 Å². The van der Waals surface area contributed by atoms with Gasteiger partial charge >= 0.3 is 0 Å². The highest BCUT2D eigenvalue weighted by atomic mass is 19.1. The molecule has 3 nitrogen and oxygen atoms in total. The standard InChI is InChI=1S/C16H23FN2O/c1-16(2,3)13-7-15(20)19(10-13)9-12-6-11(8-18)4-5-14(12)17/h4-6,13H,7-10,18H2,1-3H3. The molecule has 4 heteroatoms. The van der Waals surface area contributed by atoms with Crippen LogP contribution in [-0.2, 0) is 17.9 Å². The number of carbonyl (C=O) groups is 1. The van der Waals surface area contributed by atoms with Gasteiger partial charge in [0.25, 0.3) is 0 Å². The van der Waals surface area contributed by atoms with Crippen molar-refractivity contribution in [3.05, 3.63) is 35.1 Å². The second-order valence-electron chi connectivity index (χ2n) is 6.67. The van der Waals surface area contributed by atoms with E-state index < -0.39 is 0 Å². The summed E-state index contributed by atoms with van der Waals surface area (Å²) < 4.78 is 13.8. The van der Waals surface area contributed by atoms with E-state index in [0.717, 1.165) is 5.56 Å². The summed E-state index contributed by atoms with van der Waals surface area (Å²) in [7, 11) is 0. The maximum atomic E-state index is 13.8. The molecule has 0 aliphatic carbocycles. The number of amides is 1. The van der Waals surface area contributed by atoms with Crippen LogP contribution >= 0.6 is 0 Å². The number of benzene rings is 1. The molecule has 0 aromatic heterocycles. The quantitative estimate of drug-likeness (QED) is 0.924. The number of nitrogens with zero attached hydrogens (tertiary/aromatic N) is 1. The van der Waals surface area contributed by atoms with Crippen LogP contribution in [0.25, 0.3) is 0 Å². The lowest BCUT2D eigenvalue weighted by Crippen LogP contribution is -2.27. The Bertz CT molecular complexity index is 508. The minimum atomic E-state index is -0.269. The molecular formula is C16H23FN2O. The number of halogens is 1. The van der Waals surface area contributed by atoms with E-state index >= 15 is 0 Å². The number of carbonyl (C=O) groups excluding carboxylic acids is 1. The summed E-state index contributed by atoms with van der Waals surface area (Å²) in [5.74, 6) is 0.174. The summed E-state index contributed by atoms with van der Waals surface area (Å²) >= 11 is 0. The van der Waals surface area contributed by atoms with E-state index in [-0.39, 0.29) is 17.1 Å². The fourth-order valence-electron chi connectivity index (χ4n) is 2.59. The van der Waals surface area contributed by atoms with Gasteiger partial charge in [0.15, 0.2) is 0 Å². The molecule has 1 heterocycles. The van der Waals surface area contributed by atoms with Gasteiger partial charge in [-0.15, -0.1) is 0 Å². The van der Waals surface area contributed by atoms with Crippen molar-refractivity contribution in [2.45, 2.75) is 40.3 Å². The monoisotopic (exact) mass is 278 g/mol. The minimum Gasteiger partial charge on any atom is -0.338 e. The Hall–Kier alpha value is -1.42. The molecule has 1 atom stereocenters. The van der Waals surface area contributed by atoms with E-state index in [1.807, 2.05) is 0 Å². The highest BCUT2D eigenvalue weighted by molar-refractivity contribution is 5.78. The van der Waals surface area contributed by atoms with Crippen LogP contribution in [0.2, 0.25) is 0 Å². The van der Waals surface area contributed by atoms with Crippen molar-refractivity contribution in [1.29, 1.82) is 0 Å². The molecule has 0 radical (unpaired) electrons. The topological polar surface area (TPSA) is 46.3 Å². The summed E-state index contributed by atoms with van der Waals surface area (Å²) in [6.45, 7) is 7.85. The Morgan fingerprint density at radius 2 is 2.10 bits per heavy atom. The minimum absolute atomic E-state index is 0.0993. The third kappa shape index (κ3) is 3.18. The number of hydrogen-bond acceptors (Lipinski definition) is 2. The van der Waals surface area contributed by atoms with E-state index in [9.17, 15) is 9.18 Å². The molecule has 2 N–H and O–H groups in total. The predicted molar refractivity (Wildman–Crippen MR) is 77.3 cm³/mol. The first-order chi connectivity index (χ1) is 9.31. The van der Waals surface area contributed by atoms with Crippen molar-refractivity contribution in [3.63, 3.8) is 0 Å². The molecule has 1 aliphatic rings. The van der Waals surface area contributed by atoms with Crippen molar-refractivity contribution < 1.29 is 9.18 Å². The fourth-order valence-corrected chi connectivity index (χ4v) is 2.59. The first-order valence-electron chi connectivity index (χ1n) is 7.06. The summed E-state index contributed by atoms with van der Waals surface area (Å²) in [6.07, 6.45) is 0.557. The van der Waals surface area contributed by atoms with Crippen LogP contribution in [0.3, 0.4) is 0 Å². The molecule has 1 aromatic rings. The van der Waals surface area contributed by atoms with E-state index in [1.54, 1.807) is 17.0 Å². The zero-order chi connectivity index (χ0) is 14.9. The van der Waals surface area contributed by atoms with Gasteiger partial charge in [0.05, 0.1) is 0 Å². The Morgan fingerprint density at radius 1 is 1.40 bits per heavy atom. The molecule has 1 unspecified atom stereocenters. The van der Waals surface area contributed by atoms with Crippen LogP contribution in [0.5, 0.6) is 0 Å². The second-order valence-corrected chi connectivity index (χ2v) is 6.67. The van der Waals surface area contributed by atoms with Gasteiger partial charge in [-0.3, -0.25) is 4.79 Å². The van der Waals surface area contributed by atoms with Crippen LogP contribution in [0.4, 0.5) is 4.39 Å². The van der Waals surface area contributed by atoms with Gasteiger partial charge in [-0.2, -0.15) is 0 Å². The molecular weight excluding hydrogens is 255 g/mol. The van der Waals surface area contributed by atoms with Gasteiger partial charge in [0, 0.05) is 31.6 Å². The number of hydrogen-bond donors (Lipinski definition) is 1. The normalized spacial score (nSPS) is 19.8. The van der Waals surface area contributed by atoms with Crippen LogP contribution in [0, 0.1) is 17.2 Å². The molecule has 1 fully saturated rings.